The van der Waals surface area contributed by atoms with Crippen LogP contribution in [-0.4, -0.2) is 0 Å². The molecule has 1 unspecified atom stereocenters. The molecule has 0 fully saturated rings. The van der Waals surface area contributed by atoms with Crippen LogP contribution in [0.15, 0.2) is 0 Å². The van der Waals surface area contributed by atoms with Crippen LogP contribution in [0.5, 0.6) is 0 Å². The molecule has 0 heterocycles. The Balaban J connectivity index is 3.12. The zero-order valence-corrected chi connectivity index (χ0v) is 21.3. The Morgan fingerprint density at radius 2 is 0.517 bits per heavy atom. The normalized spacial score (nSPS) is 12.5. The molecule has 0 aliphatic carbocycles. The molecular formula is C29H60. The lowest BCUT2D eigenvalue weighted by atomic mass is 9.95. The summed E-state index contributed by atoms with van der Waals surface area (Å²) in [5.41, 5.74) is 0. The van der Waals surface area contributed by atoms with E-state index < -0.39 is 0 Å². The quantitative estimate of drug-likeness (QED) is 0.132. The largest absolute Gasteiger partial charge is 0.0654 e. The van der Waals surface area contributed by atoms with Gasteiger partial charge in [-0.05, 0) is 5.92 Å². The molecule has 0 saturated heterocycles. The van der Waals surface area contributed by atoms with E-state index in [9.17, 15) is 0 Å². The Hall–Kier alpha value is 0. The van der Waals surface area contributed by atoms with Crippen LogP contribution < -0.4 is 0 Å². The molecule has 0 N–H and O–H groups in total. The molecular weight excluding hydrogens is 348 g/mol. The third kappa shape index (κ3) is 26.0. The van der Waals surface area contributed by atoms with Crippen molar-refractivity contribution in [1.29, 1.82) is 0 Å². The van der Waals surface area contributed by atoms with Gasteiger partial charge in [0.1, 0.15) is 0 Å². The van der Waals surface area contributed by atoms with E-state index in [1.165, 1.54) is 161 Å². The van der Waals surface area contributed by atoms with Crippen molar-refractivity contribution in [3.8, 4) is 0 Å². The van der Waals surface area contributed by atoms with Gasteiger partial charge in [-0.15, -0.1) is 0 Å². The SMILES string of the molecule is CCCCCCCCCCCCCCCCC(C)CCCCCCCCCCC. The first-order valence-corrected chi connectivity index (χ1v) is 14.3. The van der Waals surface area contributed by atoms with Gasteiger partial charge in [0, 0.05) is 0 Å². The predicted molar refractivity (Wildman–Crippen MR) is 136 cm³/mol. The summed E-state index contributed by atoms with van der Waals surface area (Å²) >= 11 is 0. The van der Waals surface area contributed by atoms with Gasteiger partial charge in [-0.25, -0.2) is 0 Å². The van der Waals surface area contributed by atoms with Crippen LogP contribution in [0.2, 0.25) is 0 Å². The molecule has 0 aliphatic rings. The van der Waals surface area contributed by atoms with Gasteiger partial charge in [0.2, 0.25) is 0 Å². The molecule has 0 spiro atoms. The van der Waals surface area contributed by atoms with Crippen LogP contribution in [-0.2, 0) is 0 Å². The van der Waals surface area contributed by atoms with Crippen LogP contribution in [0.4, 0.5) is 0 Å². The van der Waals surface area contributed by atoms with Crippen LogP contribution in [0.3, 0.4) is 0 Å². The summed E-state index contributed by atoms with van der Waals surface area (Å²) in [6.45, 7) is 7.10. The minimum Gasteiger partial charge on any atom is -0.0654 e. The molecule has 0 aromatic carbocycles. The molecule has 0 radical (unpaired) electrons. The van der Waals surface area contributed by atoms with Crippen molar-refractivity contribution < 1.29 is 0 Å². The molecule has 0 aromatic heterocycles. The Labute approximate surface area is 187 Å². The number of unbranched alkanes of at least 4 members (excludes halogenated alkanes) is 21. The summed E-state index contributed by atoms with van der Waals surface area (Å²) in [5.74, 6) is 0.969. The van der Waals surface area contributed by atoms with E-state index in [2.05, 4.69) is 20.8 Å². The molecule has 0 saturated carbocycles. The second-order valence-electron chi connectivity index (χ2n) is 10.1. The number of hydrogen-bond donors (Lipinski definition) is 0. The fourth-order valence-electron chi connectivity index (χ4n) is 4.64. The Bertz CT molecular complexity index is 269. The summed E-state index contributed by atoms with van der Waals surface area (Å²) < 4.78 is 0. The zero-order chi connectivity index (χ0) is 21.3. The second-order valence-corrected chi connectivity index (χ2v) is 10.1. The molecule has 0 heteroatoms. The molecule has 1 atom stereocenters. The fraction of sp³-hybridized carbons (Fsp3) is 1.00. The first-order valence-electron chi connectivity index (χ1n) is 14.3. The van der Waals surface area contributed by atoms with Crippen LogP contribution in [0.1, 0.15) is 181 Å². The van der Waals surface area contributed by atoms with Gasteiger partial charge in [-0.3, -0.25) is 0 Å². The van der Waals surface area contributed by atoms with E-state index in [1.807, 2.05) is 0 Å². The van der Waals surface area contributed by atoms with Crippen molar-refractivity contribution in [2.45, 2.75) is 181 Å². The summed E-state index contributed by atoms with van der Waals surface area (Å²) in [7, 11) is 0. The molecule has 176 valence electrons. The maximum atomic E-state index is 2.49. The van der Waals surface area contributed by atoms with E-state index in [1.54, 1.807) is 0 Å². The summed E-state index contributed by atoms with van der Waals surface area (Å²) in [5, 5.41) is 0. The minimum atomic E-state index is 0.969. The highest BCUT2D eigenvalue weighted by atomic mass is 14.1. The molecule has 29 heavy (non-hydrogen) atoms. The first kappa shape index (κ1) is 29.0. The maximum Gasteiger partial charge on any atom is -0.0443 e. The number of rotatable bonds is 25. The smallest absolute Gasteiger partial charge is 0.0443 e. The van der Waals surface area contributed by atoms with Crippen molar-refractivity contribution in [2.24, 2.45) is 5.92 Å². The zero-order valence-electron chi connectivity index (χ0n) is 21.3. The minimum absolute atomic E-state index is 0.969. The topological polar surface area (TPSA) is 0 Å². The van der Waals surface area contributed by atoms with Crippen LogP contribution in [0, 0.1) is 5.92 Å². The summed E-state index contributed by atoms with van der Waals surface area (Å²) in [6.07, 6.45) is 36.8. The van der Waals surface area contributed by atoms with Gasteiger partial charge >= 0.3 is 0 Å². The van der Waals surface area contributed by atoms with Crippen molar-refractivity contribution in [2.75, 3.05) is 0 Å². The van der Waals surface area contributed by atoms with Gasteiger partial charge < -0.3 is 0 Å². The third-order valence-corrected chi connectivity index (χ3v) is 6.85. The van der Waals surface area contributed by atoms with E-state index in [4.69, 9.17) is 0 Å². The van der Waals surface area contributed by atoms with Crippen molar-refractivity contribution in [3.05, 3.63) is 0 Å². The second kappa shape index (κ2) is 26.0. The van der Waals surface area contributed by atoms with Crippen molar-refractivity contribution in [1.82, 2.24) is 0 Å². The Kier molecular flexibility index (Phi) is 26.0. The Morgan fingerprint density at radius 1 is 0.310 bits per heavy atom. The Morgan fingerprint density at radius 3 is 0.759 bits per heavy atom. The van der Waals surface area contributed by atoms with Gasteiger partial charge in [-0.2, -0.15) is 0 Å². The highest BCUT2D eigenvalue weighted by molar-refractivity contribution is 4.56. The van der Waals surface area contributed by atoms with Crippen molar-refractivity contribution >= 4 is 0 Å². The predicted octanol–water partition coefficient (Wildman–Crippen LogP) is 11.4. The maximum absolute atomic E-state index is 2.49. The van der Waals surface area contributed by atoms with Gasteiger partial charge in [0.05, 0.1) is 0 Å². The third-order valence-electron chi connectivity index (χ3n) is 6.85. The van der Waals surface area contributed by atoms with Gasteiger partial charge in [0.25, 0.3) is 0 Å². The van der Waals surface area contributed by atoms with Crippen LogP contribution in [0.25, 0.3) is 0 Å². The number of hydrogen-bond acceptors (Lipinski definition) is 0. The highest BCUT2D eigenvalue weighted by Gasteiger charge is 2.02. The molecule has 0 aliphatic heterocycles. The van der Waals surface area contributed by atoms with Gasteiger partial charge in [-0.1, -0.05) is 181 Å². The molecule has 0 amide bonds. The van der Waals surface area contributed by atoms with E-state index in [0.717, 1.165) is 5.92 Å². The van der Waals surface area contributed by atoms with E-state index >= 15 is 0 Å². The van der Waals surface area contributed by atoms with E-state index in [0.29, 0.717) is 0 Å². The lowest BCUT2D eigenvalue weighted by molar-refractivity contribution is 0.430. The molecule has 0 nitrogen and oxygen atoms in total. The van der Waals surface area contributed by atoms with Crippen LogP contribution >= 0.6 is 0 Å². The molecule has 0 aromatic rings. The lowest BCUT2D eigenvalue weighted by Gasteiger charge is -2.11. The fourth-order valence-corrected chi connectivity index (χ4v) is 4.64. The standard InChI is InChI=1S/C29H60/c1-4-6-8-10-12-14-15-16-17-18-20-22-24-26-28-29(3)27-25-23-21-19-13-11-9-7-5-2/h29H,4-28H2,1-3H3. The van der Waals surface area contributed by atoms with Gasteiger partial charge in [0.15, 0.2) is 0 Å². The highest BCUT2D eigenvalue weighted by Crippen LogP contribution is 2.19. The summed E-state index contributed by atoms with van der Waals surface area (Å²) in [4.78, 5) is 0. The monoisotopic (exact) mass is 408 g/mol. The van der Waals surface area contributed by atoms with Crippen molar-refractivity contribution in [3.63, 3.8) is 0 Å². The molecule has 0 rings (SSSR count). The first-order chi connectivity index (χ1) is 14.3. The average molecular weight is 409 g/mol. The summed E-state index contributed by atoms with van der Waals surface area (Å²) in [6, 6.07) is 0. The molecule has 0 bridgehead atoms. The lowest BCUT2D eigenvalue weighted by Crippen LogP contribution is -1.95. The van der Waals surface area contributed by atoms with E-state index in [-0.39, 0.29) is 0 Å². The average Bonchev–Trinajstić information content (AvgIpc) is 2.72.